The number of rotatable bonds is 7. The molecule has 0 unspecified atom stereocenters. The Morgan fingerprint density at radius 2 is 1.66 bits per heavy atom. The van der Waals surface area contributed by atoms with Gasteiger partial charge in [-0.05, 0) is 61.7 Å². The van der Waals surface area contributed by atoms with E-state index >= 15 is 0 Å². The standard InChI is InChI=1S/C23H28N2O4/c1-14-15(2)25(3)19-8-7-17(13-18(14)19)23(26)24-10-9-16-11-20(27-4)22(29-6)21(12-16)28-5/h7-8,11-13H,9-10H2,1-6H3,(H,24,26). The van der Waals surface area contributed by atoms with Crippen LogP contribution in [0, 0.1) is 13.8 Å². The largest absolute Gasteiger partial charge is 0.493 e. The summed E-state index contributed by atoms with van der Waals surface area (Å²) in [6.45, 7) is 4.68. The molecule has 0 spiro atoms. The quantitative estimate of drug-likeness (QED) is 0.660. The van der Waals surface area contributed by atoms with Crippen molar-refractivity contribution in [2.24, 2.45) is 7.05 Å². The van der Waals surface area contributed by atoms with Crippen molar-refractivity contribution in [3.05, 3.63) is 52.7 Å². The third-order valence-electron chi connectivity index (χ3n) is 5.49. The lowest BCUT2D eigenvalue weighted by Crippen LogP contribution is -2.25. The number of nitrogens with one attached hydrogen (secondary N) is 1. The summed E-state index contributed by atoms with van der Waals surface area (Å²) >= 11 is 0. The number of methoxy groups -OCH3 is 3. The highest BCUT2D eigenvalue weighted by atomic mass is 16.5. The van der Waals surface area contributed by atoms with Crippen LogP contribution in [0.15, 0.2) is 30.3 Å². The Kier molecular flexibility index (Phi) is 6.01. The van der Waals surface area contributed by atoms with Crippen molar-refractivity contribution in [2.75, 3.05) is 27.9 Å². The number of benzene rings is 2. The van der Waals surface area contributed by atoms with Gasteiger partial charge in [-0.15, -0.1) is 0 Å². The van der Waals surface area contributed by atoms with Crippen LogP contribution in [0.3, 0.4) is 0 Å². The van der Waals surface area contributed by atoms with Crippen molar-refractivity contribution in [3.63, 3.8) is 0 Å². The van der Waals surface area contributed by atoms with Crippen LogP contribution in [0.2, 0.25) is 0 Å². The third kappa shape index (κ3) is 3.88. The number of ether oxygens (including phenoxy) is 3. The Balaban J connectivity index is 1.72. The highest BCUT2D eigenvalue weighted by molar-refractivity contribution is 5.99. The van der Waals surface area contributed by atoms with E-state index in [1.807, 2.05) is 37.4 Å². The number of nitrogens with zero attached hydrogens (tertiary/aromatic N) is 1. The molecule has 0 atom stereocenters. The van der Waals surface area contributed by atoms with Gasteiger partial charge in [0.25, 0.3) is 5.91 Å². The first-order chi connectivity index (χ1) is 13.9. The van der Waals surface area contributed by atoms with E-state index in [4.69, 9.17) is 14.2 Å². The summed E-state index contributed by atoms with van der Waals surface area (Å²) in [6.07, 6.45) is 0.647. The summed E-state index contributed by atoms with van der Waals surface area (Å²) in [6, 6.07) is 9.64. The molecule has 1 amide bonds. The molecule has 1 heterocycles. The van der Waals surface area contributed by atoms with Gasteiger partial charge in [-0.25, -0.2) is 0 Å². The van der Waals surface area contributed by atoms with Gasteiger partial charge in [0.1, 0.15) is 0 Å². The van der Waals surface area contributed by atoms with Crippen LogP contribution >= 0.6 is 0 Å². The molecule has 0 aliphatic rings. The zero-order valence-electron chi connectivity index (χ0n) is 17.9. The number of aryl methyl sites for hydroxylation is 2. The first kappa shape index (κ1) is 20.6. The molecule has 1 N–H and O–H groups in total. The van der Waals surface area contributed by atoms with E-state index < -0.39 is 0 Å². The molecule has 0 saturated carbocycles. The second-order valence-corrected chi connectivity index (χ2v) is 7.04. The molecule has 29 heavy (non-hydrogen) atoms. The van der Waals surface area contributed by atoms with Crippen LogP contribution in [0.25, 0.3) is 10.9 Å². The molecule has 0 saturated heterocycles. The van der Waals surface area contributed by atoms with Gasteiger partial charge in [-0.3, -0.25) is 4.79 Å². The number of hydrogen-bond donors (Lipinski definition) is 1. The van der Waals surface area contributed by atoms with E-state index in [9.17, 15) is 4.79 Å². The molecule has 0 radical (unpaired) electrons. The first-order valence-corrected chi connectivity index (χ1v) is 9.54. The third-order valence-corrected chi connectivity index (χ3v) is 5.49. The highest BCUT2D eigenvalue weighted by Crippen LogP contribution is 2.38. The lowest BCUT2D eigenvalue weighted by atomic mass is 10.1. The molecule has 6 heteroatoms. The number of aromatic nitrogens is 1. The predicted octanol–water partition coefficient (Wildman–Crippen LogP) is 3.79. The summed E-state index contributed by atoms with van der Waals surface area (Å²) < 4.78 is 18.3. The Morgan fingerprint density at radius 3 is 2.24 bits per heavy atom. The van der Waals surface area contributed by atoms with Crippen molar-refractivity contribution in [1.82, 2.24) is 9.88 Å². The fourth-order valence-electron chi connectivity index (χ4n) is 3.60. The van der Waals surface area contributed by atoms with Gasteiger partial charge in [0.05, 0.1) is 21.3 Å². The van der Waals surface area contributed by atoms with Crippen LogP contribution in [0.5, 0.6) is 17.2 Å². The van der Waals surface area contributed by atoms with Crippen molar-refractivity contribution >= 4 is 16.8 Å². The van der Waals surface area contributed by atoms with Crippen LogP contribution in [0.1, 0.15) is 27.2 Å². The molecular weight excluding hydrogens is 368 g/mol. The van der Waals surface area contributed by atoms with Gasteiger partial charge in [-0.1, -0.05) is 0 Å². The molecule has 6 nitrogen and oxygen atoms in total. The van der Waals surface area contributed by atoms with Crippen LogP contribution in [-0.2, 0) is 13.5 Å². The lowest BCUT2D eigenvalue weighted by molar-refractivity contribution is 0.0954. The van der Waals surface area contributed by atoms with Crippen LogP contribution in [-0.4, -0.2) is 38.3 Å². The normalized spacial score (nSPS) is 10.8. The van der Waals surface area contributed by atoms with Gasteiger partial charge < -0.3 is 24.1 Å². The Labute approximate surface area is 171 Å². The van der Waals surface area contributed by atoms with E-state index in [0.717, 1.165) is 16.5 Å². The average molecular weight is 396 g/mol. The average Bonchev–Trinajstić information content (AvgIpc) is 2.96. The minimum atomic E-state index is -0.0831. The summed E-state index contributed by atoms with van der Waals surface area (Å²) in [5.74, 6) is 1.69. The van der Waals surface area contributed by atoms with Crippen molar-refractivity contribution < 1.29 is 19.0 Å². The van der Waals surface area contributed by atoms with E-state index in [-0.39, 0.29) is 5.91 Å². The molecule has 154 valence electrons. The van der Waals surface area contributed by atoms with Crippen LogP contribution in [0.4, 0.5) is 0 Å². The zero-order chi connectivity index (χ0) is 21.1. The highest BCUT2D eigenvalue weighted by Gasteiger charge is 2.14. The molecule has 2 aromatic carbocycles. The second kappa shape index (κ2) is 8.47. The fraction of sp³-hybridized carbons (Fsp3) is 0.348. The van der Waals surface area contributed by atoms with E-state index in [0.29, 0.717) is 35.8 Å². The topological polar surface area (TPSA) is 61.7 Å². The fourth-order valence-corrected chi connectivity index (χ4v) is 3.60. The van der Waals surface area contributed by atoms with E-state index in [1.165, 1.54) is 11.3 Å². The Hall–Kier alpha value is -3.15. The molecule has 0 fully saturated rings. The zero-order valence-corrected chi connectivity index (χ0v) is 17.9. The number of carbonyl (C=O) groups is 1. The minimum absolute atomic E-state index is 0.0831. The van der Waals surface area contributed by atoms with Crippen molar-refractivity contribution in [3.8, 4) is 17.2 Å². The molecule has 3 rings (SSSR count). The maximum Gasteiger partial charge on any atom is 0.251 e. The summed E-state index contributed by atoms with van der Waals surface area (Å²) in [4.78, 5) is 12.6. The van der Waals surface area contributed by atoms with Gasteiger partial charge in [-0.2, -0.15) is 0 Å². The molecular formula is C23H28N2O4. The number of amides is 1. The molecule has 3 aromatic rings. The Bertz CT molecular complexity index is 1030. The summed E-state index contributed by atoms with van der Waals surface area (Å²) in [5, 5.41) is 4.11. The minimum Gasteiger partial charge on any atom is -0.493 e. The van der Waals surface area contributed by atoms with Crippen LogP contribution < -0.4 is 19.5 Å². The first-order valence-electron chi connectivity index (χ1n) is 9.54. The number of carbonyl (C=O) groups excluding carboxylic acids is 1. The Morgan fingerprint density at radius 1 is 1.00 bits per heavy atom. The second-order valence-electron chi connectivity index (χ2n) is 7.04. The van der Waals surface area contributed by atoms with Gasteiger partial charge in [0.2, 0.25) is 5.75 Å². The predicted molar refractivity (Wildman–Crippen MR) is 115 cm³/mol. The molecule has 0 bridgehead atoms. The maximum absolute atomic E-state index is 12.6. The SMILES string of the molecule is COc1cc(CCNC(=O)c2ccc3c(c2)c(C)c(C)n3C)cc(OC)c1OC. The molecule has 0 aliphatic carbocycles. The maximum atomic E-state index is 12.6. The van der Waals surface area contributed by atoms with Gasteiger partial charge >= 0.3 is 0 Å². The van der Waals surface area contributed by atoms with Gasteiger partial charge in [0, 0.05) is 35.8 Å². The molecule has 1 aromatic heterocycles. The van der Waals surface area contributed by atoms with E-state index in [2.05, 4.69) is 23.7 Å². The smallest absolute Gasteiger partial charge is 0.251 e. The molecule has 0 aliphatic heterocycles. The lowest BCUT2D eigenvalue weighted by Gasteiger charge is -2.14. The van der Waals surface area contributed by atoms with Crippen molar-refractivity contribution in [2.45, 2.75) is 20.3 Å². The number of fused-ring (bicyclic) bond motifs is 1. The number of hydrogen-bond acceptors (Lipinski definition) is 4. The summed E-state index contributed by atoms with van der Waals surface area (Å²) in [7, 11) is 6.80. The van der Waals surface area contributed by atoms with E-state index in [1.54, 1.807) is 21.3 Å². The van der Waals surface area contributed by atoms with Gasteiger partial charge in [0.15, 0.2) is 11.5 Å². The van der Waals surface area contributed by atoms with Crippen molar-refractivity contribution in [1.29, 1.82) is 0 Å². The monoisotopic (exact) mass is 396 g/mol. The summed E-state index contributed by atoms with van der Waals surface area (Å²) in [5.41, 5.74) is 5.20.